The van der Waals surface area contributed by atoms with E-state index in [0.29, 0.717) is 0 Å². The van der Waals surface area contributed by atoms with Gasteiger partial charge in [0.15, 0.2) is 0 Å². The minimum Gasteiger partial charge on any atom is -0.135 e. The number of allylic oxidation sites excluding steroid dienone is 9. The van der Waals surface area contributed by atoms with Crippen molar-refractivity contribution < 1.29 is 0 Å². The molecule has 5 rings (SSSR count). The monoisotopic (exact) mass is 310 g/mol. The summed E-state index contributed by atoms with van der Waals surface area (Å²) in [5, 5.41) is 1.38. The first-order valence-corrected chi connectivity index (χ1v) is 8.67. The second kappa shape index (κ2) is 4.96. The van der Waals surface area contributed by atoms with Crippen molar-refractivity contribution in [1.82, 2.24) is 0 Å². The Hall–Kier alpha value is -2.60. The third-order valence-corrected chi connectivity index (χ3v) is 5.59. The van der Waals surface area contributed by atoms with Gasteiger partial charge in [-0.25, -0.2) is 0 Å². The summed E-state index contributed by atoms with van der Waals surface area (Å²) in [4.78, 5) is 1.33. The maximum Gasteiger partial charge on any atom is 0.0368 e. The first-order valence-electron chi connectivity index (χ1n) is 7.86. The summed E-state index contributed by atoms with van der Waals surface area (Å²) in [5.41, 5.74) is 10.00. The average molecular weight is 310 g/mol. The zero-order valence-electron chi connectivity index (χ0n) is 12.5. The molecule has 0 saturated heterocycles. The highest BCUT2D eigenvalue weighted by Crippen LogP contribution is 2.42. The molecule has 0 N–H and O–H groups in total. The van der Waals surface area contributed by atoms with E-state index in [9.17, 15) is 0 Å². The Balaban J connectivity index is 1.92. The van der Waals surface area contributed by atoms with Gasteiger partial charge in [-0.15, -0.1) is 17.1 Å². The van der Waals surface area contributed by atoms with E-state index >= 15 is 0 Å². The van der Waals surface area contributed by atoms with Crippen LogP contribution in [0.3, 0.4) is 0 Å². The zero-order valence-corrected chi connectivity index (χ0v) is 13.4. The van der Waals surface area contributed by atoms with Crippen LogP contribution in [0.1, 0.15) is 21.6 Å². The lowest BCUT2D eigenvalue weighted by Gasteiger charge is -2.08. The van der Waals surface area contributed by atoms with Crippen LogP contribution >= 0.6 is 11.3 Å². The van der Waals surface area contributed by atoms with E-state index in [1.807, 2.05) is 11.3 Å². The second-order valence-electron chi connectivity index (χ2n) is 5.89. The van der Waals surface area contributed by atoms with E-state index < -0.39 is 0 Å². The van der Waals surface area contributed by atoms with Crippen LogP contribution in [0.15, 0.2) is 72.0 Å². The van der Waals surface area contributed by atoms with Crippen LogP contribution in [0.5, 0.6) is 0 Å². The van der Waals surface area contributed by atoms with Crippen LogP contribution in [0, 0.1) is 0 Å². The number of benzene rings is 1. The third kappa shape index (κ3) is 1.98. The molecule has 3 aliphatic rings. The molecule has 0 atom stereocenters. The molecule has 0 radical (unpaired) electrons. The minimum absolute atomic E-state index is 0.996. The van der Waals surface area contributed by atoms with Gasteiger partial charge in [-0.1, -0.05) is 42.5 Å². The molecule has 0 aliphatic heterocycles. The molecule has 0 nitrogen and oxygen atoms in total. The number of fused-ring (bicyclic) bond motifs is 6. The fourth-order valence-electron chi connectivity index (χ4n) is 3.42. The third-order valence-electron chi connectivity index (χ3n) is 4.47. The summed E-state index contributed by atoms with van der Waals surface area (Å²) in [7, 11) is 0. The molecule has 3 aliphatic carbocycles. The van der Waals surface area contributed by atoms with E-state index in [-0.39, 0.29) is 0 Å². The van der Waals surface area contributed by atoms with Crippen molar-refractivity contribution in [2.75, 3.05) is 0 Å². The minimum atomic E-state index is 0.996. The van der Waals surface area contributed by atoms with E-state index in [1.165, 1.54) is 37.2 Å². The summed E-state index contributed by atoms with van der Waals surface area (Å²) in [6.45, 7) is 0. The van der Waals surface area contributed by atoms with E-state index in [2.05, 4.69) is 78.6 Å². The normalized spacial score (nSPS) is 17.2. The molecule has 0 fully saturated rings. The standard InChI is InChI=1S/C22H14S/c1-2-7-16-11-13-20-22(18(16)9-3-1)21-17-8-5-4-6-15(14-17)10-12-19(21)23-20/h1-6,8-13H,7H2. The lowest BCUT2D eigenvalue weighted by atomic mass is 9.94. The Kier molecular flexibility index (Phi) is 2.78. The predicted octanol–water partition coefficient (Wildman–Crippen LogP) is 6.09. The number of hydrogen-bond donors (Lipinski definition) is 0. The molecule has 23 heavy (non-hydrogen) atoms. The van der Waals surface area contributed by atoms with Crippen LogP contribution in [0.25, 0.3) is 27.8 Å². The first-order chi connectivity index (χ1) is 11.4. The number of rotatable bonds is 0. The van der Waals surface area contributed by atoms with E-state index in [4.69, 9.17) is 0 Å². The van der Waals surface area contributed by atoms with Crippen molar-refractivity contribution >= 4 is 39.1 Å². The maximum atomic E-state index is 3.57. The molecule has 1 heteroatoms. The number of thiophene rings is 1. The van der Waals surface area contributed by atoms with Crippen LogP contribution < -0.4 is 0 Å². The smallest absolute Gasteiger partial charge is 0.0368 e. The Morgan fingerprint density at radius 2 is 1.78 bits per heavy atom. The molecule has 2 aromatic rings. The fourth-order valence-corrected chi connectivity index (χ4v) is 4.55. The highest BCUT2D eigenvalue weighted by atomic mass is 32.1. The van der Waals surface area contributed by atoms with Crippen LogP contribution in [0.2, 0.25) is 0 Å². The van der Waals surface area contributed by atoms with Gasteiger partial charge in [0.25, 0.3) is 0 Å². The summed E-state index contributed by atoms with van der Waals surface area (Å²) in [6.07, 6.45) is 22.7. The summed E-state index contributed by atoms with van der Waals surface area (Å²) < 4.78 is 1.35. The van der Waals surface area contributed by atoms with Crippen molar-refractivity contribution in [3.05, 3.63) is 93.6 Å². The SMILES string of the molecule is C1=C2C=CC=CC=1c1c(sc3ccc4c(c13)C=CC=CC4)C=C2. The molecule has 1 aromatic heterocycles. The van der Waals surface area contributed by atoms with Gasteiger partial charge < -0.3 is 0 Å². The largest absolute Gasteiger partial charge is 0.135 e. The average Bonchev–Trinajstić information content (AvgIpc) is 2.79. The van der Waals surface area contributed by atoms with Gasteiger partial charge in [0.1, 0.15) is 0 Å². The zero-order chi connectivity index (χ0) is 15.2. The number of hydrogen-bond acceptors (Lipinski definition) is 1. The van der Waals surface area contributed by atoms with Crippen LogP contribution in [-0.2, 0) is 6.42 Å². The molecule has 1 aromatic carbocycles. The van der Waals surface area contributed by atoms with Gasteiger partial charge in [-0.2, -0.15) is 0 Å². The van der Waals surface area contributed by atoms with Crippen molar-refractivity contribution in [2.24, 2.45) is 0 Å². The Labute approximate surface area is 139 Å². The first kappa shape index (κ1) is 12.9. The highest BCUT2D eigenvalue weighted by Gasteiger charge is 2.19. The Morgan fingerprint density at radius 1 is 0.870 bits per heavy atom. The molecular weight excluding hydrogens is 296 g/mol. The maximum absolute atomic E-state index is 3.57. The van der Waals surface area contributed by atoms with Gasteiger partial charge in [-0.3, -0.25) is 0 Å². The molecular formula is C22H14S. The molecule has 1 heterocycles. The van der Waals surface area contributed by atoms with E-state index in [0.717, 1.165) is 12.0 Å². The van der Waals surface area contributed by atoms with Crippen molar-refractivity contribution in [3.63, 3.8) is 0 Å². The van der Waals surface area contributed by atoms with Gasteiger partial charge in [0.05, 0.1) is 0 Å². The highest BCUT2D eigenvalue weighted by molar-refractivity contribution is 7.20. The predicted molar refractivity (Wildman–Crippen MR) is 101 cm³/mol. The van der Waals surface area contributed by atoms with Crippen LogP contribution in [-0.4, -0.2) is 0 Å². The van der Waals surface area contributed by atoms with E-state index in [1.54, 1.807) is 0 Å². The van der Waals surface area contributed by atoms with Crippen LogP contribution in [0.4, 0.5) is 0 Å². The van der Waals surface area contributed by atoms with Gasteiger partial charge in [0.2, 0.25) is 0 Å². The fraction of sp³-hybridized carbons (Fsp3) is 0.0455. The molecule has 0 saturated carbocycles. The molecule has 108 valence electrons. The Morgan fingerprint density at radius 3 is 2.78 bits per heavy atom. The molecule has 2 bridgehead atoms. The molecule has 0 spiro atoms. The summed E-state index contributed by atoms with van der Waals surface area (Å²) in [6, 6.07) is 4.55. The van der Waals surface area contributed by atoms with Crippen molar-refractivity contribution in [2.45, 2.75) is 6.42 Å². The van der Waals surface area contributed by atoms with Gasteiger partial charge >= 0.3 is 0 Å². The quantitative estimate of drug-likeness (QED) is 0.517. The molecule has 0 amide bonds. The van der Waals surface area contributed by atoms with Crippen molar-refractivity contribution in [1.29, 1.82) is 0 Å². The summed E-state index contributed by atoms with van der Waals surface area (Å²) in [5.74, 6) is 0. The lowest BCUT2D eigenvalue weighted by molar-refractivity contribution is 1.28. The molecule has 0 unspecified atom stereocenters. The van der Waals surface area contributed by atoms with Gasteiger partial charge in [-0.05, 0) is 47.9 Å². The summed E-state index contributed by atoms with van der Waals surface area (Å²) >= 11 is 1.88. The Bertz CT molecular complexity index is 1060. The lowest BCUT2D eigenvalue weighted by Crippen LogP contribution is -1.89. The van der Waals surface area contributed by atoms with Crippen molar-refractivity contribution in [3.8, 4) is 0 Å². The second-order valence-corrected chi connectivity index (χ2v) is 6.97. The van der Waals surface area contributed by atoms with Gasteiger partial charge in [0, 0.05) is 31.7 Å². The topological polar surface area (TPSA) is 0 Å².